The molecule has 2 nitrogen and oxygen atoms in total. The molecule has 0 spiro atoms. The molecular formula is C15H22FNO. The summed E-state index contributed by atoms with van der Waals surface area (Å²) in [5.41, 5.74) is 1.24. The van der Waals surface area contributed by atoms with Gasteiger partial charge in [-0.2, -0.15) is 0 Å². The van der Waals surface area contributed by atoms with Gasteiger partial charge < -0.3 is 10.0 Å². The van der Waals surface area contributed by atoms with Gasteiger partial charge in [-0.25, -0.2) is 4.39 Å². The Morgan fingerprint density at radius 3 is 2.72 bits per heavy atom. The van der Waals surface area contributed by atoms with Crippen LogP contribution in [0.4, 0.5) is 10.1 Å². The predicted molar refractivity (Wildman–Crippen MR) is 72.1 cm³/mol. The molecule has 1 aliphatic rings. The predicted octanol–water partition coefficient (Wildman–Crippen LogP) is 3.33. The lowest BCUT2D eigenvalue weighted by atomic mass is 9.84. The lowest BCUT2D eigenvalue weighted by Gasteiger charge is -2.38. The van der Waals surface area contributed by atoms with Crippen LogP contribution in [0.15, 0.2) is 18.2 Å². The van der Waals surface area contributed by atoms with Gasteiger partial charge in [-0.15, -0.1) is 0 Å². The molecule has 0 heterocycles. The van der Waals surface area contributed by atoms with Crippen molar-refractivity contribution in [1.29, 1.82) is 0 Å². The fraction of sp³-hybridized carbons (Fsp3) is 0.600. The van der Waals surface area contributed by atoms with E-state index in [0.29, 0.717) is 23.2 Å². The van der Waals surface area contributed by atoms with Crippen molar-refractivity contribution in [2.24, 2.45) is 5.92 Å². The molecule has 0 radical (unpaired) electrons. The van der Waals surface area contributed by atoms with Gasteiger partial charge in [0.1, 0.15) is 5.82 Å². The highest BCUT2D eigenvalue weighted by atomic mass is 19.1. The molecule has 18 heavy (non-hydrogen) atoms. The number of halogens is 1. The summed E-state index contributed by atoms with van der Waals surface area (Å²) in [5, 5.41) is 9.36. The maximum absolute atomic E-state index is 14.0. The number of hydrogen-bond donors (Lipinski definition) is 1. The molecule has 0 amide bonds. The normalized spacial score (nSPS) is 24.0. The Morgan fingerprint density at radius 2 is 2.06 bits per heavy atom. The summed E-state index contributed by atoms with van der Waals surface area (Å²) in [6, 6.07) is 5.30. The molecule has 2 rings (SSSR count). The molecule has 0 bridgehead atoms. The van der Waals surface area contributed by atoms with Crippen LogP contribution in [0.2, 0.25) is 0 Å². The first-order valence-electron chi connectivity index (χ1n) is 6.76. The SMILES string of the molecule is CC1CCCCC1N(C)c1c(F)cccc1CO. The summed E-state index contributed by atoms with van der Waals surface area (Å²) in [4.78, 5) is 2.03. The van der Waals surface area contributed by atoms with Gasteiger partial charge in [0.05, 0.1) is 12.3 Å². The molecule has 0 aliphatic heterocycles. The quantitative estimate of drug-likeness (QED) is 0.890. The molecule has 3 heteroatoms. The molecule has 1 aromatic rings. The Balaban J connectivity index is 2.29. The fourth-order valence-corrected chi connectivity index (χ4v) is 3.12. The zero-order valence-corrected chi connectivity index (χ0v) is 11.2. The van der Waals surface area contributed by atoms with Crippen molar-refractivity contribution in [3.05, 3.63) is 29.6 Å². The molecule has 1 N–H and O–H groups in total. The minimum absolute atomic E-state index is 0.113. The molecule has 1 aliphatic carbocycles. The van der Waals surface area contributed by atoms with Gasteiger partial charge in [-0.05, 0) is 24.8 Å². The second-order valence-electron chi connectivity index (χ2n) is 5.35. The van der Waals surface area contributed by atoms with Gasteiger partial charge in [0.2, 0.25) is 0 Å². The zero-order valence-electron chi connectivity index (χ0n) is 11.2. The van der Waals surface area contributed by atoms with Crippen LogP contribution in [-0.2, 0) is 6.61 Å². The van der Waals surface area contributed by atoms with E-state index in [1.165, 1.54) is 25.3 Å². The lowest BCUT2D eigenvalue weighted by Crippen LogP contribution is -2.40. The van der Waals surface area contributed by atoms with Crippen molar-refractivity contribution in [2.75, 3.05) is 11.9 Å². The number of para-hydroxylation sites is 1. The van der Waals surface area contributed by atoms with Crippen molar-refractivity contribution in [2.45, 2.75) is 45.3 Å². The van der Waals surface area contributed by atoms with Gasteiger partial charge in [-0.1, -0.05) is 31.9 Å². The van der Waals surface area contributed by atoms with Gasteiger partial charge in [0, 0.05) is 18.7 Å². The highest BCUT2D eigenvalue weighted by Crippen LogP contribution is 2.33. The molecular weight excluding hydrogens is 229 g/mol. The zero-order chi connectivity index (χ0) is 13.1. The van der Waals surface area contributed by atoms with E-state index >= 15 is 0 Å². The average Bonchev–Trinajstić information content (AvgIpc) is 2.38. The number of aliphatic hydroxyl groups excluding tert-OH is 1. The number of benzene rings is 1. The lowest BCUT2D eigenvalue weighted by molar-refractivity contribution is 0.279. The monoisotopic (exact) mass is 251 g/mol. The largest absolute Gasteiger partial charge is 0.392 e. The van der Waals surface area contributed by atoms with Crippen LogP contribution in [0.25, 0.3) is 0 Å². The van der Waals surface area contributed by atoms with Crippen LogP contribution >= 0.6 is 0 Å². The van der Waals surface area contributed by atoms with E-state index in [9.17, 15) is 9.50 Å². The highest BCUT2D eigenvalue weighted by molar-refractivity contribution is 5.55. The van der Waals surface area contributed by atoms with Gasteiger partial charge in [-0.3, -0.25) is 0 Å². The Bertz CT molecular complexity index is 407. The smallest absolute Gasteiger partial charge is 0.146 e. The van der Waals surface area contributed by atoms with Crippen molar-refractivity contribution in [3.8, 4) is 0 Å². The number of hydrogen-bond acceptors (Lipinski definition) is 2. The minimum atomic E-state index is -0.234. The van der Waals surface area contributed by atoms with Crippen molar-refractivity contribution in [3.63, 3.8) is 0 Å². The second-order valence-corrected chi connectivity index (χ2v) is 5.35. The van der Waals surface area contributed by atoms with Crippen LogP contribution in [0.5, 0.6) is 0 Å². The van der Waals surface area contributed by atoms with Gasteiger partial charge in [0.15, 0.2) is 0 Å². The van der Waals surface area contributed by atoms with E-state index in [4.69, 9.17) is 0 Å². The summed E-state index contributed by atoms with van der Waals surface area (Å²) in [5.74, 6) is 0.344. The third-order valence-electron chi connectivity index (χ3n) is 4.16. The van der Waals surface area contributed by atoms with Gasteiger partial charge in [0.25, 0.3) is 0 Å². The molecule has 1 aromatic carbocycles. The van der Waals surface area contributed by atoms with Crippen molar-refractivity contribution >= 4 is 5.69 Å². The number of aliphatic hydroxyl groups is 1. The van der Waals surface area contributed by atoms with Crippen molar-refractivity contribution < 1.29 is 9.50 Å². The Labute approximate surface area is 108 Å². The minimum Gasteiger partial charge on any atom is -0.392 e. The van der Waals surface area contributed by atoms with E-state index in [2.05, 4.69) is 6.92 Å². The molecule has 0 saturated heterocycles. The maximum Gasteiger partial charge on any atom is 0.146 e. The average molecular weight is 251 g/mol. The summed E-state index contributed by atoms with van der Waals surface area (Å²) >= 11 is 0. The third-order valence-corrected chi connectivity index (χ3v) is 4.16. The summed E-state index contributed by atoms with van der Waals surface area (Å²) in [6.45, 7) is 2.12. The number of anilines is 1. The molecule has 100 valence electrons. The molecule has 1 fully saturated rings. The number of rotatable bonds is 3. The Hall–Kier alpha value is -1.09. The third kappa shape index (κ3) is 2.51. The molecule has 2 atom stereocenters. The highest BCUT2D eigenvalue weighted by Gasteiger charge is 2.27. The van der Waals surface area contributed by atoms with Crippen LogP contribution in [0.1, 0.15) is 38.2 Å². The van der Waals surface area contributed by atoms with Crippen LogP contribution in [0, 0.1) is 11.7 Å². The van der Waals surface area contributed by atoms with E-state index in [0.717, 1.165) is 6.42 Å². The van der Waals surface area contributed by atoms with E-state index in [1.807, 2.05) is 11.9 Å². The summed E-state index contributed by atoms with van der Waals surface area (Å²) < 4.78 is 14.0. The molecule has 2 unspecified atom stereocenters. The Morgan fingerprint density at radius 1 is 1.33 bits per heavy atom. The fourth-order valence-electron chi connectivity index (χ4n) is 3.12. The summed E-state index contributed by atoms with van der Waals surface area (Å²) in [6.07, 6.45) is 4.80. The first-order chi connectivity index (χ1) is 8.65. The standard InChI is InChI=1S/C15H22FNO/c1-11-6-3-4-9-14(11)17(2)15-12(10-18)7-5-8-13(15)16/h5,7-8,11,14,18H,3-4,6,9-10H2,1-2H3. The Kier molecular flexibility index (Phi) is 4.23. The van der Waals surface area contributed by atoms with Gasteiger partial charge >= 0.3 is 0 Å². The molecule has 0 aromatic heterocycles. The van der Waals surface area contributed by atoms with Crippen LogP contribution in [0.3, 0.4) is 0 Å². The van der Waals surface area contributed by atoms with E-state index in [1.54, 1.807) is 12.1 Å². The second kappa shape index (κ2) is 5.70. The van der Waals surface area contributed by atoms with Crippen LogP contribution < -0.4 is 4.90 Å². The first-order valence-corrected chi connectivity index (χ1v) is 6.76. The maximum atomic E-state index is 14.0. The molecule has 1 saturated carbocycles. The number of nitrogens with zero attached hydrogens (tertiary/aromatic N) is 1. The first kappa shape index (κ1) is 13.3. The topological polar surface area (TPSA) is 23.5 Å². The van der Waals surface area contributed by atoms with Crippen molar-refractivity contribution in [1.82, 2.24) is 0 Å². The van der Waals surface area contributed by atoms with Crippen LogP contribution in [-0.4, -0.2) is 18.2 Å². The summed E-state index contributed by atoms with van der Waals surface area (Å²) in [7, 11) is 1.95. The van der Waals surface area contributed by atoms with E-state index in [-0.39, 0.29) is 12.4 Å². The van der Waals surface area contributed by atoms with E-state index < -0.39 is 0 Å².